The lowest BCUT2D eigenvalue weighted by atomic mass is 9.84. The van der Waals surface area contributed by atoms with Crippen LogP contribution in [-0.2, 0) is 13.6 Å². The molecule has 2 aliphatic rings. The molecule has 1 atom stereocenters. The molecular weight excluding hydrogens is 304 g/mol. The summed E-state index contributed by atoms with van der Waals surface area (Å²) >= 11 is 1.91. The Hall–Kier alpha value is -1.17. The van der Waals surface area contributed by atoms with Crippen molar-refractivity contribution >= 4 is 11.3 Å². The number of hydrogen-bond donors (Lipinski definition) is 1. The molecule has 5 heteroatoms. The van der Waals surface area contributed by atoms with E-state index in [1.165, 1.54) is 60.8 Å². The van der Waals surface area contributed by atoms with E-state index in [1.807, 2.05) is 29.3 Å². The molecule has 4 nitrogen and oxygen atoms in total. The summed E-state index contributed by atoms with van der Waals surface area (Å²) in [7, 11) is 1.97. The fourth-order valence-electron chi connectivity index (χ4n) is 4.05. The van der Waals surface area contributed by atoms with E-state index < -0.39 is 0 Å². The van der Waals surface area contributed by atoms with E-state index in [1.54, 1.807) is 0 Å². The summed E-state index contributed by atoms with van der Waals surface area (Å²) in [5.41, 5.74) is 1.23. The molecule has 2 fully saturated rings. The normalized spacial score (nSPS) is 23.6. The van der Waals surface area contributed by atoms with Crippen LogP contribution in [0.1, 0.15) is 24.1 Å². The van der Waals surface area contributed by atoms with E-state index in [9.17, 15) is 0 Å². The Balaban J connectivity index is 1.32. The van der Waals surface area contributed by atoms with Crippen LogP contribution in [-0.4, -0.2) is 40.9 Å². The summed E-state index contributed by atoms with van der Waals surface area (Å²) in [6.45, 7) is 6.13. The molecule has 0 radical (unpaired) electrons. The zero-order chi connectivity index (χ0) is 15.6. The third-order valence-electron chi connectivity index (χ3n) is 5.43. The molecule has 4 heterocycles. The largest absolute Gasteiger partial charge is 0.316 e. The average Bonchev–Trinajstić information content (AvgIpc) is 3.29. The van der Waals surface area contributed by atoms with Gasteiger partial charge in [-0.15, -0.1) is 11.3 Å². The van der Waals surface area contributed by atoms with Crippen LogP contribution in [0.15, 0.2) is 24.5 Å². The molecule has 23 heavy (non-hydrogen) atoms. The molecule has 0 aliphatic carbocycles. The topological polar surface area (TPSA) is 33.1 Å². The molecule has 0 aromatic carbocycles. The van der Waals surface area contributed by atoms with Gasteiger partial charge in [0.15, 0.2) is 0 Å². The minimum Gasteiger partial charge on any atom is -0.316 e. The number of nitrogens with zero attached hydrogens (tertiary/aromatic N) is 3. The molecule has 2 aromatic rings. The van der Waals surface area contributed by atoms with Crippen LogP contribution in [0.3, 0.4) is 0 Å². The van der Waals surface area contributed by atoms with Crippen molar-refractivity contribution < 1.29 is 0 Å². The fraction of sp³-hybridized carbons (Fsp3) is 0.611. The molecule has 0 amide bonds. The third kappa shape index (κ3) is 3.52. The number of aromatic nitrogens is 2. The maximum absolute atomic E-state index is 4.27. The first kappa shape index (κ1) is 15.4. The number of thiophene rings is 1. The Morgan fingerprint density at radius 2 is 2.09 bits per heavy atom. The minimum atomic E-state index is 0.941. The second-order valence-corrected chi connectivity index (χ2v) is 8.20. The van der Waals surface area contributed by atoms with Gasteiger partial charge in [-0.05, 0) is 69.4 Å². The van der Waals surface area contributed by atoms with Crippen molar-refractivity contribution in [2.45, 2.75) is 25.8 Å². The van der Waals surface area contributed by atoms with Gasteiger partial charge in [-0.25, -0.2) is 0 Å². The van der Waals surface area contributed by atoms with Crippen LogP contribution in [0.5, 0.6) is 0 Å². The molecular formula is C18H26N4S. The predicted molar refractivity (Wildman–Crippen MR) is 95.5 cm³/mol. The van der Waals surface area contributed by atoms with Crippen molar-refractivity contribution in [1.29, 1.82) is 0 Å². The predicted octanol–water partition coefficient (Wildman–Crippen LogP) is 2.97. The summed E-state index contributed by atoms with van der Waals surface area (Å²) in [6.07, 6.45) is 8.21. The highest BCUT2D eigenvalue weighted by Crippen LogP contribution is 2.32. The zero-order valence-corrected chi connectivity index (χ0v) is 14.7. The number of likely N-dealkylation sites (tertiary alicyclic amines) is 1. The monoisotopic (exact) mass is 330 g/mol. The Bertz CT molecular complexity index is 633. The number of piperidine rings is 1. The zero-order valence-electron chi connectivity index (χ0n) is 13.9. The number of rotatable bonds is 4. The molecule has 124 valence electrons. The van der Waals surface area contributed by atoms with Crippen molar-refractivity contribution in [3.63, 3.8) is 0 Å². The van der Waals surface area contributed by atoms with Gasteiger partial charge in [-0.1, -0.05) is 0 Å². The smallest absolute Gasteiger partial charge is 0.0576 e. The number of nitrogens with one attached hydrogen (secondary N) is 1. The highest BCUT2D eigenvalue weighted by atomic mass is 32.1. The Morgan fingerprint density at radius 3 is 2.78 bits per heavy atom. The molecule has 0 bridgehead atoms. The van der Waals surface area contributed by atoms with E-state index in [-0.39, 0.29) is 0 Å². The van der Waals surface area contributed by atoms with Gasteiger partial charge in [0.05, 0.1) is 6.20 Å². The van der Waals surface area contributed by atoms with Crippen LogP contribution >= 0.6 is 11.3 Å². The maximum Gasteiger partial charge on any atom is 0.0576 e. The molecule has 2 aromatic heterocycles. The average molecular weight is 331 g/mol. The van der Waals surface area contributed by atoms with Gasteiger partial charge in [-0.3, -0.25) is 9.58 Å². The molecule has 4 rings (SSSR count). The van der Waals surface area contributed by atoms with Gasteiger partial charge in [0, 0.05) is 35.1 Å². The van der Waals surface area contributed by atoms with Gasteiger partial charge in [0.1, 0.15) is 0 Å². The van der Waals surface area contributed by atoms with E-state index in [0.29, 0.717) is 0 Å². The highest BCUT2D eigenvalue weighted by Gasteiger charge is 2.28. The summed E-state index contributed by atoms with van der Waals surface area (Å²) < 4.78 is 1.87. The van der Waals surface area contributed by atoms with Crippen molar-refractivity contribution in [3.8, 4) is 10.4 Å². The first-order valence-electron chi connectivity index (χ1n) is 8.79. The van der Waals surface area contributed by atoms with E-state index in [4.69, 9.17) is 0 Å². The molecule has 2 aliphatic heterocycles. The van der Waals surface area contributed by atoms with Gasteiger partial charge in [0.2, 0.25) is 0 Å². The molecule has 1 unspecified atom stereocenters. The summed E-state index contributed by atoms with van der Waals surface area (Å²) in [5, 5.41) is 7.79. The SMILES string of the molecule is Cn1cc(-c2ccc(CN3CCC(C4CCNC4)CC3)s2)cn1. The molecule has 1 N–H and O–H groups in total. The Morgan fingerprint density at radius 1 is 1.22 bits per heavy atom. The van der Waals surface area contributed by atoms with E-state index in [2.05, 4.69) is 33.6 Å². The standard InChI is InChI=1S/C18H26N4S/c1-21-12-16(11-20-21)18-3-2-17(23-18)13-22-8-5-14(6-9-22)15-4-7-19-10-15/h2-3,11-12,14-15,19H,4-10,13H2,1H3. The molecule has 0 saturated carbocycles. The second-order valence-electron chi connectivity index (χ2n) is 7.04. The number of hydrogen-bond acceptors (Lipinski definition) is 4. The lowest BCUT2D eigenvalue weighted by molar-refractivity contribution is 0.147. The van der Waals surface area contributed by atoms with Crippen LogP contribution in [0.2, 0.25) is 0 Å². The van der Waals surface area contributed by atoms with Crippen molar-refractivity contribution in [3.05, 3.63) is 29.4 Å². The fourth-order valence-corrected chi connectivity index (χ4v) is 5.07. The van der Waals surface area contributed by atoms with Crippen molar-refractivity contribution in [1.82, 2.24) is 20.0 Å². The quantitative estimate of drug-likeness (QED) is 0.935. The lowest BCUT2D eigenvalue weighted by Crippen LogP contribution is -2.36. The maximum atomic E-state index is 4.27. The van der Waals surface area contributed by atoms with Crippen LogP contribution < -0.4 is 5.32 Å². The summed E-state index contributed by atoms with van der Waals surface area (Å²) in [4.78, 5) is 5.45. The molecule has 0 spiro atoms. The third-order valence-corrected chi connectivity index (χ3v) is 6.55. The van der Waals surface area contributed by atoms with Crippen LogP contribution in [0.25, 0.3) is 10.4 Å². The molecule has 2 saturated heterocycles. The van der Waals surface area contributed by atoms with Gasteiger partial charge < -0.3 is 5.32 Å². The van der Waals surface area contributed by atoms with Gasteiger partial charge in [-0.2, -0.15) is 5.10 Å². The summed E-state index contributed by atoms with van der Waals surface area (Å²) in [6, 6.07) is 4.54. The highest BCUT2D eigenvalue weighted by molar-refractivity contribution is 7.15. The summed E-state index contributed by atoms with van der Waals surface area (Å²) in [5.74, 6) is 1.90. The van der Waals surface area contributed by atoms with E-state index >= 15 is 0 Å². The van der Waals surface area contributed by atoms with Crippen LogP contribution in [0.4, 0.5) is 0 Å². The van der Waals surface area contributed by atoms with Gasteiger partial charge >= 0.3 is 0 Å². The lowest BCUT2D eigenvalue weighted by Gasteiger charge is -2.34. The minimum absolute atomic E-state index is 0.941. The second kappa shape index (κ2) is 6.75. The first-order chi connectivity index (χ1) is 11.3. The van der Waals surface area contributed by atoms with Crippen LogP contribution in [0, 0.1) is 11.8 Å². The van der Waals surface area contributed by atoms with Gasteiger partial charge in [0.25, 0.3) is 0 Å². The Kier molecular flexibility index (Phi) is 4.51. The first-order valence-corrected chi connectivity index (χ1v) is 9.60. The Labute approximate surface area is 142 Å². The van der Waals surface area contributed by atoms with E-state index in [0.717, 1.165) is 18.4 Å². The number of aryl methyl sites for hydroxylation is 1. The van der Waals surface area contributed by atoms with Crippen molar-refractivity contribution in [2.24, 2.45) is 18.9 Å². The van der Waals surface area contributed by atoms with Crippen molar-refractivity contribution in [2.75, 3.05) is 26.2 Å².